The standard InChI is InChI=1S/C40H60N6O4/c1-3-23-45(27-19-31-13-9-15-35-33(31)29-39(49)43-35)25-11-21-41-37(47)17-7-5-6-8-18-38(48)42-22-12-26-46(24-4-2)28-20-32-14-10-16-36-34(32)30-40(50)44-36/h9-10,13-16H,3-8,11-12,17-30H2,1-2H3,(H,41,47)(H,42,48)(H,43,49)(H,44,50). The summed E-state index contributed by atoms with van der Waals surface area (Å²) < 4.78 is 0. The zero-order chi connectivity index (χ0) is 35.6. The number of hydrogen-bond acceptors (Lipinski definition) is 6. The van der Waals surface area contributed by atoms with Gasteiger partial charge in [-0.2, -0.15) is 0 Å². The van der Waals surface area contributed by atoms with Crippen LogP contribution in [-0.4, -0.2) is 85.8 Å². The summed E-state index contributed by atoms with van der Waals surface area (Å²) >= 11 is 0. The number of anilines is 2. The lowest BCUT2D eigenvalue weighted by atomic mass is 10.0. The first-order chi connectivity index (χ1) is 24.4. The third-order valence-corrected chi connectivity index (χ3v) is 9.75. The van der Waals surface area contributed by atoms with Gasteiger partial charge in [-0.3, -0.25) is 19.2 Å². The Kier molecular flexibility index (Phi) is 16.7. The van der Waals surface area contributed by atoms with E-state index in [0.29, 0.717) is 38.8 Å². The van der Waals surface area contributed by atoms with Crippen LogP contribution in [0.25, 0.3) is 0 Å². The maximum absolute atomic E-state index is 12.4. The van der Waals surface area contributed by atoms with E-state index in [0.717, 1.165) is 126 Å². The van der Waals surface area contributed by atoms with Gasteiger partial charge in [-0.05, 0) is 112 Å². The third kappa shape index (κ3) is 13.2. The van der Waals surface area contributed by atoms with Crippen LogP contribution in [0.5, 0.6) is 0 Å². The monoisotopic (exact) mass is 688 g/mol. The topological polar surface area (TPSA) is 123 Å². The molecule has 0 atom stereocenters. The molecule has 2 aliphatic heterocycles. The quantitative estimate of drug-likeness (QED) is 0.106. The zero-order valence-corrected chi connectivity index (χ0v) is 30.5. The number of rotatable bonds is 25. The molecule has 0 saturated heterocycles. The summed E-state index contributed by atoms with van der Waals surface area (Å²) in [5.41, 5.74) is 6.69. The molecule has 0 spiro atoms. The third-order valence-electron chi connectivity index (χ3n) is 9.75. The maximum atomic E-state index is 12.4. The number of nitrogens with zero attached hydrogens (tertiary/aromatic N) is 2. The van der Waals surface area contributed by atoms with Gasteiger partial charge in [0, 0.05) is 50.4 Å². The molecule has 0 saturated carbocycles. The lowest BCUT2D eigenvalue weighted by Crippen LogP contribution is -2.32. The predicted molar refractivity (Wildman–Crippen MR) is 201 cm³/mol. The largest absolute Gasteiger partial charge is 0.356 e. The summed E-state index contributed by atoms with van der Waals surface area (Å²) in [4.78, 5) is 53.3. The van der Waals surface area contributed by atoms with Crippen LogP contribution in [0.1, 0.15) is 100 Å². The van der Waals surface area contributed by atoms with Crippen LogP contribution in [0.4, 0.5) is 11.4 Å². The van der Waals surface area contributed by atoms with Crippen LogP contribution in [0.15, 0.2) is 36.4 Å². The molecule has 10 nitrogen and oxygen atoms in total. The van der Waals surface area contributed by atoms with Crippen LogP contribution < -0.4 is 21.3 Å². The van der Waals surface area contributed by atoms with Gasteiger partial charge in [0.1, 0.15) is 0 Å². The van der Waals surface area contributed by atoms with E-state index in [2.05, 4.69) is 57.0 Å². The van der Waals surface area contributed by atoms with Crippen molar-refractivity contribution in [2.45, 2.75) is 104 Å². The lowest BCUT2D eigenvalue weighted by molar-refractivity contribution is -0.122. The van der Waals surface area contributed by atoms with Gasteiger partial charge in [0.05, 0.1) is 12.8 Å². The Balaban J connectivity index is 0.980. The summed E-state index contributed by atoms with van der Waals surface area (Å²) in [5.74, 6) is 0.370. The summed E-state index contributed by atoms with van der Waals surface area (Å²) in [6.45, 7) is 11.6. The summed E-state index contributed by atoms with van der Waals surface area (Å²) in [6.07, 6.45) is 11.5. The highest BCUT2D eigenvalue weighted by Crippen LogP contribution is 2.27. The fraction of sp³-hybridized carbons (Fsp3) is 0.600. The minimum Gasteiger partial charge on any atom is -0.356 e. The zero-order valence-electron chi connectivity index (χ0n) is 30.5. The van der Waals surface area contributed by atoms with Gasteiger partial charge in [-0.1, -0.05) is 51.0 Å². The van der Waals surface area contributed by atoms with E-state index >= 15 is 0 Å². The molecule has 0 bridgehead atoms. The highest BCUT2D eigenvalue weighted by Gasteiger charge is 2.21. The average molecular weight is 689 g/mol. The van der Waals surface area contributed by atoms with Crippen molar-refractivity contribution >= 4 is 35.0 Å². The Bertz CT molecular complexity index is 1310. The number of amides is 4. The van der Waals surface area contributed by atoms with Crippen molar-refractivity contribution < 1.29 is 19.2 Å². The molecule has 274 valence electrons. The average Bonchev–Trinajstić information content (AvgIpc) is 3.69. The van der Waals surface area contributed by atoms with Crippen molar-refractivity contribution in [3.05, 3.63) is 58.7 Å². The normalized spacial score (nSPS) is 13.4. The highest BCUT2D eigenvalue weighted by atomic mass is 16.2. The fourth-order valence-electron chi connectivity index (χ4n) is 7.12. The van der Waals surface area contributed by atoms with Gasteiger partial charge in [0.25, 0.3) is 0 Å². The summed E-state index contributed by atoms with van der Waals surface area (Å²) in [7, 11) is 0. The van der Waals surface area contributed by atoms with Gasteiger partial charge >= 0.3 is 0 Å². The number of carbonyl (C=O) groups excluding carboxylic acids is 4. The smallest absolute Gasteiger partial charge is 0.228 e. The van der Waals surface area contributed by atoms with Crippen molar-refractivity contribution in [1.82, 2.24) is 20.4 Å². The molecule has 4 N–H and O–H groups in total. The Labute approximate surface area is 299 Å². The molecule has 2 aromatic carbocycles. The van der Waals surface area contributed by atoms with E-state index in [9.17, 15) is 19.2 Å². The van der Waals surface area contributed by atoms with E-state index in [4.69, 9.17) is 0 Å². The van der Waals surface area contributed by atoms with E-state index in [-0.39, 0.29) is 23.6 Å². The maximum Gasteiger partial charge on any atom is 0.228 e. The number of hydrogen-bond donors (Lipinski definition) is 4. The summed E-state index contributed by atoms with van der Waals surface area (Å²) in [6, 6.07) is 12.2. The molecule has 2 aromatic rings. The lowest BCUT2D eigenvalue weighted by Gasteiger charge is -2.22. The second kappa shape index (κ2) is 21.5. The van der Waals surface area contributed by atoms with Crippen LogP contribution in [0, 0.1) is 0 Å². The van der Waals surface area contributed by atoms with Crippen LogP contribution in [-0.2, 0) is 44.9 Å². The molecule has 0 aliphatic carbocycles. The van der Waals surface area contributed by atoms with E-state index in [1.807, 2.05) is 24.3 Å². The van der Waals surface area contributed by atoms with E-state index in [1.54, 1.807) is 0 Å². The minimum absolute atomic E-state index is 0.0753. The molecule has 4 rings (SSSR count). The van der Waals surface area contributed by atoms with Gasteiger partial charge in [0.15, 0.2) is 0 Å². The number of carbonyl (C=O) groups is 4. The number of benzene rings is 2. The van der Waals surface area contributed by atoms with Gasteiger partial charge in [-0.25, -0.2) is 0 Å². The second-order valence-corrected chi connectivity index (χ2v) is 13.8. The molecule has 10 heteroatoms. The van der Waals surface area contributed by atoms with Crippen LogP contribution >= 0.6 is 0 Å². The SMILES string of the molecule is CCCN(CCCNC(=O)CCCCCCC(=O)NCCCN(CCC)CCc1cccc2c1CC(=O)N2)CCc1cccc2c1CC(=O)N2. The Hall–Kier alpha value is -3.76. The molecule has 0 aromatic heterocycles. The van der Waals surface area contributed by atoms with Crippen molar-refractivity contribution in [2.75, 3.05) is 63.0 Å². The van der Waals surface area contributed by atoms with Crippen LogP contribution in [0.3, 0.4) is 0 Å². The molecular formula is C40H60N6O4. The molecular weight excluding hydrogens is 628 g/mol. The Morgan fingerprint density at radius 3 is 1.46 bits per heavy atom. The molecule has 0 fully saturated rings. The van der Waals surface area contributed by atoms with Crippen molar-refractivity contribution in [3.63, 3.8) is 0 Å². The first-order valence-electron chi connectivity index (χ1n) is 19.2. The Morgan fingerprint density at radius 1 is 0.600 bits per heavy atom. The number of nitrogens with one attached hydrogen (secondary N) is 4. The number of fused-ring (bicyclic) bond motifs is 2. The number of unbranched alkanes of at least 4 members (excludes halogenated alkanes) is 3. The van der Waals surface area contributed by atoms with Crippen LogP contribution in [0.2, 0.25) is 0 Å². The highest BCUT2D eigenvalue weighted by molar-refractivity contribution is 6.00. The molecule has 50 heavy (non-hydrogen) atoms. The fourth-order valence-corrected chi connectivity index (χ4v) is 7.12. The molecule has 2 heterocycles. The van der Waals surface area contributed by atoms with E-state index in [1.165, 1.54) is 11.1 Å². The molecule has 4 amide bonds. The van der Waals surface area contributed by atoms with Gasteiger partial charge < -0.3 is 31.1 Å². The van der Waals surface area contributed by atoms with Crippen molar-refractivity contribution in [2.24, 2.45) is 0 Å². The first kappa shape index (κ1) is 39.0. The minimum atomic E-state index is 0.0753. The molecule has 0 unspecified atom stereocenters. The van der Waals surface area contributed by atoms with Crippen molar-refractivity contribution in [3.8, 4) is 0 Å². The van der Waals surface area contributed by atoms with Crippen molar-refractivity contribution in [1.29, 1.82) is 0 Å². The van der Waals surface area contributed by atoms with Gasteiger partial charge in [0.2, 0.25) is 23.6 Å². The van der Waals surface area contributed by atoms with E-state index < -0.39 is 0 Å². The Morgan fingerprint density at radius 2 is 1.04 bits per heavy atom. The molecule has 2 aliphatic rings. The summed E-state index contributed by atoms with van der Waals surface area (Å²) in [5, 5.41) is 12.0. The second-order valence-electron chi connectivity index (χ2n) is 13.8. The van der Waals surface area contributed by atoms with Gasteiger partial charge in [-0.15, -0.1) is 0 Å². The first-order valence-corrected chi connectivity index (χ1v) is 19.2. The predicted octanol–water partition coefficient (Wildman–Crippen LogP) is 5.24. The molecule has 0 radical (unpaired) electrons.